The molecule has 0 bridgehead atoms. The lowest BCUT2D eigenvalue weighted by atomic mass is 10.6. The lowest BCUT2D eigenvalue weighted by molar-refractivity contribution is 0.291. The van der Waals surface area contributed by atoms with Crippen molar-refractivity contribution in [3.8, 4) is 5.75 Å². The minimum atomic E-state index is 0.384. The Morgan fingerprint density at radius 2 is 2.20 bits per heavy atom. The molecule has 0 aliphatic rings. The third-order valence-electron chi connectivity index (χ3n) is 2.08. The minimum absolute atomic E-state index is 0.384. The van der Waals surface area contributed by atoms with Crippen LogP contribution in [0.15, 0.2) is 18.6 Å². The molecule has 0 radical (unpaired) electrons. The fourth-order valence-corrected chi connectivity index (χ4v) is 1.33. The van der Waals surface area contributed by atoms with E-state index in [4.69, 9.17) is 16.3 Å². The van der Waals surface area contributed by atoms with E-state index in [0.29, 0.717) is 11.8 Å². The molecule has 5 nitrogen and oxygen atoms in total. The van der Waals surface area contributed by atoms with E-state index in [2.05, 4.69) is 10.1 Å². The molecule has 0 aromatic carbocycles. The molecule has 0 saturated carbocycles. The Labute approximate surface area is 92.2 Å². The van der Waals surface area contributed by atoms with Crippen LogP contribution in [0, 0.1) is 0 Å². The van der Waals surface area contributed by atoms with Gasteiger partial charge in [0.1, 0.15) is 17.6 Å². The van der Waals surface area contributed by atoms with Gasteiger partial charge >= 0.3 is 0 Å². The monoisotopic (exact) mass is 226 g/mol. The van der Waals surface area contributed by atoms with Crippen molar-refractivity contribution in [2.75, 3.05) is 0 Å². The molecule has 6 heteroatoms. The minimum Gasteiger partial charge on any atom is -0.482 e. The summed E-state index contributed by atoms with van der Waals surface area (Å²) in [5, 5.41) is 4.59. The highest BCUT2D eigenvalue weighted by molar-refractivity contribution is 6.29. The third-order valence-corrected chi connectivity index (χ3v) is 2.43. The predicted octanol–water partition coefficient (Wildman–Crippen LogP) is 1.39. The highest BCUT2D eigenvalue weighted by Gasteiger charge is 2.05. The zero-order valence-corrected chi connectivity index (χ0v) is 9.27. The van der Waals surface area contributed by atoms with Gasteiger partial charge in [-0.05, 0) is 0 Å². The SMILES string of the molecule is Cn1cc(OCc2ncc(Cl)n2C)cn1. The van der Waals surface area contributed by atoms with Gasteiger partial charge in [-0.1, -0.05) is 11.6 Å². The van der Waals surface area contributed by atoms with Crippen molar-refractivity contribution >= 4 is 11.6 Å². The second-order valence-corrected chi connectivity index (χ2v) is 3.58. The maximum atomic E-state index is 5.84. The predicted molar refractivity (Wildman–Crippen MR) is 55.8 cm³/mol. The standard InChI is InChI=1S/C9H11ClN4O/c1-13-5-7(3-12-13)15-6-9-11-4-8(10)14(9)2/h3-5H,6H2,1-2H3. The van der Waals surface area contributed by atoms with Crippen LogP contribution >= 0.6 is 11.6 Å². The molecule has 0 N–H and O–H groups in total. The quantitative estimate of drug-likeness (QED) is 0.795. The molecule has 2 aromatic rings. The van der Waals surface area contributed by atoms with Gasteiger partial charge in [0, 0.05) is 14.1 Å². The Hall–Kier alpha value is -1.49. The third kappa shape index (κ3) is 2.12. The summed E-state index contributed by atoms with van der Waals surface area (Å²) >= 11 is 5.84. The maximum Gasteiger partial charge on any atom is 0.157 e. The van der Waals surface area contributed by atoms with E-state index in [1.807, 2.05) is 14.1 Å². The Morgan fingerprint density at radius 3 is 2.73 bits per heavy atom. The number of hydrogen-bond donors (Lipinski definition) is 0. The second-order valence-electron chi connectivity index (χ2n) is 3.19. The molecular weight excluding hydrogens is 216 g/mol. The summed E-state index contributed by atoms with van der Waals surface area (Å²) in [5.74, 6) is 1.50. The zero-order chi connectivity index (χ0) is 10.8. The molecule has 80 valence electrons. The molecule has 2 heterocycles. The van der Waals surface area contributed by atoms with Crippen LogP contribution < -0.4 is 4.74 Å². The highest BCUT2D eigenvalue weighted by atomic mass is 35.5. The Bertz CT molecular complexity index is 462. The molecule has 0 atom stereocenters. The van der Waals surface area contributed by atoms with Crippen molar-refractivity contribution < 1.29 is 4.74 Å². The van der Waals surface area contributed by atoms with Crippen LogP contribution in [-0.2, 0) is 20.7 Å². The number of halogens is 1. The van der Waals surface area contributed by atoms with Crippen LogP contribution in [0.3, 0.4) is 0 Å². The van der Waals surface area contributed by atoms with E-state index >= 15 is 0 Å². The normalized spacial score (nSPS) is 10.6. The second kappa shape index (κ2) is 3.94. The first-order chi connectivity index (χ1) is 7.16. The van der Waals surface area contributed by atoms with Gasteiger partial charge in [0.15, 0.2) is 5.75 Å². The van der Waals surface area contributed by atoms with Crippen LogP contribution in [0.2, 0.25) is 5.15 Å². The summed E-state index contributed by atoms with van der Waals surface area (Å²) in [4.78, 5) is 4.12. The zero-order valence-electron chi connectivity index (χ0n) is 8.51. The van der Waals surface area contributed by atoms with Gasteiger partial charge in [-0.25, -0.2) is 4.98 Å². The maximum absolute atomic E-state index is 5.84. The molecule has 2 aromatic heterocycles. The van der Waals surface area contributed by atoms with E-state index < -0.39 is 0 Å². The Kier molecular flexibility index (Phi) is 2.64. The van der Waals surface area contributed by atoms with Gasteiger partial charge in [-0.3, -0.25) is 4.68 Å². The van der Waals surface area contributed by atoms with Crippen LogP contribution in [0.5, 0.6) is 5.75 Å². The van der Waals surface area contributed by atoms with Crippen LogP contribution in [0.1, 0.15) is 5.82 Å². The number of hydrogen-bond acceptors (Lipinski definition) is 3. The number of nitrogens with zero attached hydrogens (tertiary/aromatic N) is 4. The topological polar surface area (TPSA) is 44.9 Å². The largest absolute Gasteiger partial charge is 0.482 e. The first-order valence-electron chi connectivity index (χ1n) is 4.44. The van der Waals surface area contributed by atoms with Gasteiger partial charge in [-0.2, -0.15) is 5.10 Å². The first-order valence-corrected chi connectivity index (χ1v) is 4.82. The summed E-state index contributed by atoms with van der Waals surface area (Å²) in [6.45, 7) is 0.384. The number of aromatic nitrogens is 4. The van der Waals surface area contributed by atoms with Crippen molar-refractivity contribution in [1.29, 1.82) is 0 Å². The van der Waals surface area contributed by atoms with Gasteiger partial charge in [0.05, 0.1) is 18.6 Å². The molecular formula is C9H11ClN4O. The molecule has 0 unspecified atom stereocenters. The number of aryl methyl sites for hydroxylation is 1. The molecule has 0 spiro atoms. The molecule has 0 amide bonds. The fraction of sp³-hybridized carbons (Fsp3) is 0.333. The Morgan fingerprint density at radius 1 is 1.40 bits per heavy atom. The molecule has 0 aliphatic carbocycles. The van der Waals surface area contributed by atoms with Gasteiger partial charge in [-0.15, -0.1) is 0 Å². The van der Waals surface area contributed by atoms with Crippen LogP contribution in [-0.4, -0.2) is 19.3 Å². The summed E-state index contributed by atoms with van der Waals surface area (Å²) in [6.07, 6.45) is 5.05. The fourth-order valence-electron chi connectivity index (χ4n) is 1.18. The van der Waals surface area contributed by atoms with Gasteiger partial charge in [0.2, 0.25) is 0 Å². The highest BCUT2D eigenvalue weighted by Crippen LogP contribution is 2.12. The van der Waals surface area contributed by atoms with E-state index in [1.165, 1.54) is 0 Å². The summed E-state index contributed by atoms with van der Waals surface area (Å²) < 4.78 is 8.94. The Balaban J connectivity index is 2.02. The summed E-state index contributed by atoms with van der Waals surface area (Å²) in [6, 6.07) is 0. The smallest absolute Gasteiger partial charge is 0.157 e. The average Bonchev–Trinajstić information content (AvgIpc) is 2.74. The lowest BCUT2D eigenvalue weighted by Crippen LogP contribution is -2.03. The van der Waals surface area contributed by atoms with Crippen molar-refractivity contribution in [2.24, 2.45) is 14.1 Å². The number of rotatable bonds is 3. The molecule has 15 heavy (non-hydrogen) atoms. The lowest BCUT2D eigenvalue weighted by Gasteiger charge is -2.03. The van der Waals surface area contributed by atoms with E-state index in [1.54, 1.807) is 27.8 Å². The van der Waals surface area contributed by atoms with Crippen LogP contribution in [0.4, 0.5) is 0 Å². The van der Waals surface area contributed by atoms with Crippen molar-refractivity contribution in [2.45, 2.75) is 6.61 Å². The summed E-state index contributed by atoms with van der Waals surface area (Å²) in [7, 11) is 3.68. The van der Waals surface area contributed by atoms with Crippen molar-refractivity contribution in [3.05, 3.63) is 29.6 Å². The molecule has 0 saturated heterocycles. The first kappa shape index (κ1) is 10.0. The van der Waals surface area contributed by atoms with E-state index in [-0.39, 0.29) is 0 Å². The van der Waals surface area contributed by atoms with Gasteiger partial charge < -0.3 is 9.30 Å². The van der Waals surface area contributed by atoms with Crippen LogP contribution in [0.25, 0.3) is 0 Å². The average molecular weight is 227 g/mol. The molecule has 2 rings (SSSR count). The van der Waals surface area contributed by atoms with Gasteiger partial charge in [0.25, 0.3) is 0 Å². The van der Waals surface area contributed by atoms with E-state index in [9.17, 15) is 0 Å². The number of ether oxygens (including phenoxy) is 1. The molecule has 0 fully saturated rings. The summed E-state index contributed by atoms with van der Waals surface area (Å²) in [5.41, 5.74) is 0. The van der Waals surface area contributed by atoms with Crippen molar-refractivity contribution in [1.82, 2.24) is 19.3 Å². The van der Waals surface area contributed by atoms with Crippen molar-refractivity contribution in [3.63, 3.8) is 0 Å². The number of imidazole rings is 1. The molecule has 0 aliphatic heterocycles. The van der Waals surface area contributed by atoms with E-state index in [0.717, 1.165) is 11.6 Å².